The number of benzene rings is 1. The summed E-state index contributed by atoms with van der Waals surface area (Å²) in [4.78, 5) is 11.3. The molecule has 0 aliphatic rings. The summed E-state index contributed by atoms with van der Waals surface area (Å²) in [6, 6.07) is 7.36. The van der Waals surface area contributed by atoms with Crippen LogP contribution in [0.15, 0.2) is 36.7 Å². The zero-order valence-corrected chi connectivity index (χ0v) is 12.4. The van der Waals surface area contributed by atoms with E-state index in [1.54, 1.807) is 21.6 Å². The molecule has 0 N–H and O–H groups in total. The number of hydrogen-bond donors (Lipinski definition) is 0. The van der Waals surface area contributed by atoms with Gasteiger partial charge in [-0.05, 0) is 19.1 Å². The van der Waals surface area contributed by atoms with Gasteiger partial charge < -0.3 is 0 Å². The van der Waals surface area contributed by atoms with Crippen LogP contribution in [-0.4, -0.2) is 25.8 Å². The molecule has 0 saturated carbocycles. The minimum atomic E-state index is 0.506. The van der Waals surface area contributed by atoms with Gasteiger partial charge in [0.1, 0.15) is 5.69 Å². The van der Waals surface area contributed by atoms with Gasteiger partial charge >= 0.3 is 0 Å². The van der Waals surface area contributed by atoms with Crippen molar-refractivity contribution in [3.63, 3.8) is 0 Å². The van der Waals surface area contributed by atoms with Crippen molar-refractivity contribution >= 4 is 17.9 Å². The minimum Gasteiger partial charge on any atom is -0.298 e. The molecule has 2 aromatic heterocycles. The lowest BCUT2D eigenvalue weighted by Crippen LogP contribution is -1.95. The van der Waals surface area contributed by atoms with Gasteiger partial charge in [0.2, 0.25) is 0 Å². The summed E-state index contributed by atoms with van der Waals surface area (Å²) in [6.45, 7) is 1.89. The molecular formula is C15H13ClN4O. The van der Waals surface area contributed by atoms with Crippen molar-refractivity contribution in [2.45, 2.75) is 6.92 Å². The molecule has 0 unspecified atom stereocenters. The Morgan fingerprint density at radius 3 is 2.57 bits per heavy atom. The molecule has 106 valence electrons. The molecule has 0 bridgehead atoms. The van der Waals surface area contributed by atoms with E-state index >= 15 is 0 Å². The largest absolute Gasteiger partial charge is 0.298 e. The number of para-hydroxylation sites is 1. The van der Waals surface area contributed by atoms with Gasteiger partial charge in [0.25, 0.3) is 0 Å². The van der Waals surface area contributed by atoms with Crippen LogP contribution in [0.3, 0.4) is 0 Å². The molecular weight excluding hydrogens is 288 g/mol. The molecule has 0 radical (unpaired) electrons. The van der Waals surface area contributed by atoms with Crippen molar-refractivity contribution in [2.75, 3.05) is 0 Å². The zero-order chi connectivity index (χ0) is 15.0. The van der Waals surface area contributed by atoms with Crippen LogP contribution in [0.4, 0.5) is 0 Å². The number of carbonyl (C=O) groups is 1. The molecule has 0 amide bonds. The topological polar surface area (TPSA) is 52.7 Å². The fourth-order valence-corrected chi connectivity index (χ4v) is 2.50. The number of aromatic nitrogens is 4. The Morgan fingerprint density at radius 1 is 1.19 bits per heavy atom. The predicted molar refractivity (Wildman–Crippen MR) is 80.9 cm³/mol. The van der Waals surface area contributed by atoms with E-state index in [9.17, 15) is 4.79 Å². The molecule has 0 spiro atoms. The Balaban J connectivity index is 2.18. The Bertz CT molecular complexity index is 819. The van der Waals surface area contributed by atoms with E-state index in [0.717, 1.165) is 23.2 Å². The van der Waals surface area contributed by atoms with Crippen molar-refractivity contribution in [1.29, 1.82) is 0 Å². The Morgan fingerprint density at radius 2 is 1.95 bits per heavy atom. The number of rotatable bonds is 3. The Kier molecular flexibility index (Phi) is 3.35. The van der Waals surface area contributed by atoms with Crippen LogP contribution in [0.2, 0.25) is 5.02 Å². The molecule has 2 heterocycles. The average molecular weight is 301 g/mol. The second kappa shape index (κ2) is 5.18. The monoisotopic (exact) mass is 300 g/mol. The van der Waals surface area contributed by atoms with Gasteiger partial charge in [-0.1, -0.05) is 23.7 Å². The van der Waals surface area contributed by atoms with Gasteiger partial charge in [0, 0.05) is 25.0 Å². The van der Waals surface area contributed by atoms with Crippen LogP contribution in [0, 0.1) is 6.92 Å². The summed E-state index contributed by atoms with van der Waals surface area (Å²) >= 11 is 6.18. The summed E-state index contributed by atoms with van der Waals surface area (Å²) < 4.78 is 3.32. The maximum Gasteiger partial charge on any atom is 0.153 e. The van der Waals surface area contributed by atoms with E-state index < -0.39 is 0 Å². The molecule has 0 aliphatic carbocycles. The van der Waals surface area contributed by atoms with Gasteiger partial charge in [-0.15, -0.1) is 0 Å². The zero-order valence-electron chi connectivity index (χ0n) is 11.6. The number of carbonyl (C=O) groups excluding carboxylic acids is 1. The lowest BCUT2D eigenvalue weighted by atomic mass is 10.1. The van der Waals surface area contributed by atoms with Gasteiger partial charge in [-0.3, -0.25) is 9.48 Å². The van der Waals surface area contributed by atoms with E-state index in [0.29, 0.717) is 16.3 Å². The lowest BCUT2D eigenvalue weighted by molar-refractivity contribution is 0.112. The number of halogens is 1. The molecule has 0 atom stereocenters. The molecule has 0 aliphatic heterocycles. The maximum absolute atomic E-state index is 11.3. The summed E-state index contributed by atoms with van der Waals surface area (Å²) in [5.74, 6) is 0. The second-order valence-corrected chi connectivity index (χ2v) is 5.16. The molecule has 6 heteroatoms. The second-order valence-electron chi connectivity index (χ2n) is 4.75. The first-order chi connectivity index (χ1) is 10.1. The van der Waals surface area contributed by atoms with E-state index in [-0.39, 0.29) is 0 Å². The molecule has 0 fully saturated rings. The molecule has 3 rings (SSSR count). The highest BCUT2D eigenvalue weighted by molar-refractivity contribution is 6.32. The predicted octanol–water partition coefficient (Wildman–Crippen LogP) is 3.05. The smallest absolute Gasteiger partial charge is 0.153 e. The van der Waals surface area contributed by atoms with Crippen LogP contribution >= 0.6 is 11.6 Å². The SMILES string of the molecule is Cc1nn(C)cc1-c1nn(-c2ccccc2Cl)cc1C=O. The first-order valence-corrected chi connectivity index (χ1v) is 6.78. The van der Waals surface area contributed by atoms with Crippen LogP contribution in [-0.2, 0) is 7.05 Å². The van der Waals surface area contributed by atoms with Crippen LogP contribution in [0.25, 0.3) is 16.9 Å². The van der Waals surface area contributed by atoms with Crippen molar-refractivity contribution in [2.24, 2.45) is 7.05 Å². The summed E-state index contributed by atoms with van der Waals surface area (Å²) in [6.07, 6.45) is 4.32. The highest BCUT2D eigenvalue weighted by Gasteiger charge is 2.16. The van der Waals surface area contributed by atoms with Crippen molar-refractivity contribution in [1.82, 2.24) is 19.6 Å². The van der Waals surface area contributed by atoms with Crippen molar-refractivity contribution in [3.05, 3.63) is 52.9 Å². The number of nitrogens with zero attached hydrogens (tertiary/aromatic N) is 4. The van der Waals surface area contributed by atoms with E-state index in [4.69, 9.17) is 11.6 Å². The van der Waals surface area contributed by atoms with Crippen molar-refractivity contribution in [3.8, 4) is 16.9 Å². The number of hydrogen-bond acceptors (Lipinski definition) is 3. The molecule has 21 heavy (non-hydrogen) atoms. The Hall–Kier alpha value is -2.40. The minimum absolute atomic E-state index is 0.506. The maximum atomic E-state index is 11.3. The highest BCUT2D eigenvalue weighted by Crippen LogP contribution is 2.26. The third-order valence-corrected chi connectivity index (χ3v) is 3.56. The summed E-state index contributed by atoms with van der Waals surface area (Å²) in [5.41, 5.74) is 3.51. The molecule has 5 nitrogen and oxygen atoms in total. The van der Waals surface area contributed by atoms with Gasteiger partial charge in [0.15, 0.2) is 6.29 Å². The first kappa shape index (κ1) is 13.6. The van der Waals surface area contributed by atoms with Crippen molar-refractivity contribution < 1.29 is 4.79 Å². The molecule has 3 aromatic rings. The first-order valence-electron chi connectivity index (χ1n) is 6.40. The quantitative estimate of drug-likeness (QED) is 0.699. The van der Waals surface area contributed by atoms with Gasteiger partial charge in [-0.2, -0.15) is 10.2 Å². The fourth-order valence-electron chi connectivity index (χ4n) is 2.28. The summed E-state index contributed by atoms with van der Waals surface area (Å²) in [7, 11) is 1.84. The van der Waals surface area contributed by atoms with Crippen LogP contribution < -0.4 is 0 Å². The van der Waals surface area contributed by atoms with Crippen LogP contribution in [0.5, 0.6) is 0 Å². The highest BCUT2D eigenvalue weighted by atomic mass is 35.5. The normalized spacial score (nSPS) is 10.8. The molecule has 1 aromatic carbocycles. The van der Waals surface area contributed by atoms with E-state index in [1.807, 2.05) is 38.4 Å². The fraction of sp³-hybridized carbons (Fsp3) is 0.133. The van der Waals surface area contributed by atoms with Gasteiger partial charge in [0.05, 0.1) is 22.0 Å². The van der Waals surface area contributed by atoms with E-state index in [2.05, 4.69) is 10.2 Å². The third kappa shape index (κ3) is 2.36. The summed E-state index contributed by atoms with van der Waals surface area (Å²) in [5, 5.41) is 9.37. The molecule has 0 saturated heterocycles. The van der Waals surface area contributed by atoms with E-state index in [1.165, 1.54) is 0 Å². The Labute approximate surface area is 126 Å². The third-order valence-electron chi connectivity index (χ3n) is 3.24. The standard InChI is InChI=1S/C15H13ClN4O/c1-10-12(8-19(2)17-10)15-11(9-21)7-20(18-15)14-6-4-3-5-13(14)16/h3-9H,1-2H3. The number of aryl methyl sites for hydroxylation is 2. The number of aldehydes is 1. The lowest BCUT2D eigenvalue weighted by Gasteiger charge is -2.02. The average Bonchev–Trinajstić information content (AvgIpc) is 3.02. The van der Waals surface area contributed by atoms with Gasteiger partial charge in [-0.25, -0.2) is 4.68 Å². The van der Waals surface area contributed by atoms with Crippen LogP contribution in [0.1, 0.15) is 16.1 Å².